The van der Waals surface area contributed by atoms with Gasteiger partial charge in [-0.1, -0.05) is 10.3 Å². The maximum atomic E-state index is 12.5. The van der Waals surface area contributed by atoms with Gasteiger partial charge in [0, 0.05) is 19.0 Å². The van der Waals surface area contributed by atoms with Crippen LogP contribution in [0.4, 0.5) is 13.2 Å². The summed E-state index contributed by atoms with van der Waals surface area (Å²) in [5.74, 6) is -1.65. The Morgan fingerprint density at radius 2 is 2.00 bits per heavy atom. The van der Waals surface area contributed by atoms with E-state index in [1.807, 2.05) is 0 Å². The van der Waals surface area contributed by atoms with Crippen molar-refractivity contribution < 1.29 is 27.0 Å². The number of rotatable bonds is 2. The van der Waals surface area contributed by atoms with Crippen molar-refractivity contribution in [3.63, 3.8) is 0 Å². The molecule has 0 bridgehead atoms. The highest BCUT2D eigenvalue weighted by Crippen LogP contribution is 2.31. The topological polar surface area (TPSA) is 85.3 Å². The third kappa shape index (κ3) is 2.80. The molecule has 0 saturated carbocycles. The first kappa shape index (κ1) is 15.5. The average molecular weight is 330 g/mol. The zero-order valence-electron chi connectivity index (χ0n) is 12.3. The molecule has 1 aliphatic heterocycles. The second-order valence-electron chi connectivity index (χ2n) is 5.39. The second-order valence-corrected chi connectivity index (χ2v) is 5.39. The lowest BCUT2D eigenvalue weighted by molar-refractivity contribution is -0.159. The van der Waals surface area contributed by atoms with Crippen LogP contribution in [-0.4, -0.2) is 39.2 Å². The number of hydrogen-bond acceptors (Lipinski definition) is 6. The van der Waals surface area contributed by atoms with Crippen molar-refractivity contribution >= 4 is 5.91 Å². The standard InChI is InChI=1S/C13H13F3N4O3/c1-6-9(7(2)22-18-6)11(21)20-4-3-8(5-20)10-17-12(23-19-10)13(14,15)16/h8H,3-5H2,1-2H3/t8-/m1/s1. The van der Waals surface area contributed by atoms with E-state index in [2.05, 4.69) is 19.8 Å². The highest BCUT2D eigenvalue weighted by atomic mass is 19.4. The maximum absolute atomic E-state index is 12.5. The van der Waals surface area contributed by atoms with Gasteiger partial charge < -0.3 is 13.9 Å². The summed E-state index contributed by atoms with van der Waals surface area (Å²) < 4.78 is 46.7. The van der Waals surface area contributed by atoms with Gasteiger partial charge in [-0.3, -0.25) is 4.79 Å². The summed E-state index contributed by atoms with van der Waals surface area (Å²) in [6, 6.07) is 0. The zero-order chi connectivity index (χ0) is 16.8. The van der Waals surface area contributed by atoms with Crippen LogP contribution in [0.3, 0.4) is 0 Å². The Morgan fingerprint density at radius 3 is 2.57 bits per heavy atom. The Balaban J connectivity index is 1.74. The third-order valence-corrected chi connectivity index (χ3v) is 3.77. The molecule has 1 atom stereocenters. The lowest BCUT2D eigenvalue weighted by atomic mass is 10.1. The van der Waals surface area contributed by atoms with Crippen molar-refractivity contribution in [2.75, 3.05) is 13.1 Å². The average Bonchev–Trinajstić information content (AvgIpc) is 3.16. The van der Waals surface area contributed by atoms with Crippen LogP contribution in [0.2, 0.25) is 0 Å². The first-order valence-electron chi connectivity index (χ1n) is 6.90. The van der Waals surface area contributed by atoms with E-state index in [0.29, 0.717) is 30.0 Å². The third-order valence-electron chi connectivity index (χ3n) is 3.77. The summed E-state index contributed by atoms with van der Waals surface area (Å²) >= 11 is 0. The van der Waals surface area contributed by atoms with Crippen LogP contribution in [0.15, 0.2) is 9.05 Å². The molecule has 23 heavy (non-hydrogen) atoms. The van der Waals surface area contributed by atoms with Crippen LogP contribution in [-0.2, 0) is 6.18 Å². The van der Waals surface area contributed by atoms with Crippen molar-refractivity contribution in [2.24, 2.45) is 0 Å². The molecule has 0 aromatic carbocycles. The molecular weight excluding hydrogens is 317 g/mol. The number of likely N-dealkylation sites (tertiary alicyclic amines) is 1. The number of carbonyl (C=O) groups excluding carboxylic acids is 1. The van der Waals surface area contributed by atoms with Crippen LogP contribution < -0.4 is 0 Å². The Hall–Kier alpha value is -2.39. The summed E-state index contributed by atoms with van der Waals surface area (Å²) in [7, 11) is 0. The van der Waals surface area contributed by atoms with Crippen molar-refractivity contribution in [1.29, 1.82) is 0 Å². The largest absolute Gasteiger partial charge is 0.471 e. The van der Waals surface area contributed by atoms with Crippen LogP contribution in [0.25, 0.3) is 0 Å². The number of alkyl halides is 3. The molecule has 0 aliphatic carbocycles. The molecule has 3 rings (SSSR count). The highest BCUT2D eigenvalue weighted by Gasteiger charge is 2.40. The van der Waals surface area contributed by atoms with E-state index in [1.165, 1.54) is 4.90 Å². The summed E-state index contributed by atoms with van der Waals surface area (Å²) in [4.78, 5) is 17.4. The number of hydrogen-bond donors (Lipinski definition) is 0. The van der Waals surface area contributed by atoms with Gasteiger partial charge in [-0.2, -0.15) is 18.2 Å². The van der Waals surface area contributed by atoms with Crippen molar-refractivity contribution in [2.45, 2.75) is 32.4 Å². The Kier molecular flexibility index (Phi) is 3.61. The molecule has 1 saturated heterocycles. The first-order valence-corrected chi connectivity index (χ1v) is 6.90. The number of nitrogens with zero attached hydrogens (tertiary/aromatic N) is 4. The van der Waals surface area contributed by atoms with E-state index in [-0.39, 0.29) is 24.2 Å². The number of aromatic nitrogens is 3. The van der Waals surface area contributed by atoms with Gasteiger partial charge in [0.2, 0.25) is 0 Å². The summed E-state index contributed by atoms with van der Waals surface area (Å²) in [5.41, 5.74) is 0.865. The number of aryl methyl sites for hydroxylation is 2. The van der Waals surface area contributed by atoms with Gasteiger partial charge in [-0.25, -0.2) is 0 Å². The number of carbonyl (C=O) groups is 1. The minimum absolute atomic E-state index is 0.0358. The Morgan fingerprint density at radius 1 is 1.26 bits per heavy atom. The van der Waals surface area contributed by atoms with Gasteiger partial charge in [0.05, 0.1) is 5.69 Å². The van der Waals surface area contributed by atoms with Crippen LogP contribution >= 0.6 is 0 Å². The van der Waals surface area contributed by atoms with Gasteiger partial charge in [0.25, 0.3) is 5.91 Å². The van der Waals surface area contributed by atoms with Gasteiger partial charge in [0.15, 0.2) is 5.82 Å². The fourth-order valence-electron chi connectivity index (χ4n) is 2.62. The molecule has 0 radical (unpaired) electrons. The molecule has 1 amide bonds. The first-order chi connectivity index (χ1) is 10.8. The summed E-state index contributed by atoms with van der Waals surface area (Å²) in [6.45, 7) is 3.91. The SMILES string of the molecule is Cc1noc(C)c1C(=O)N1CC[C@@H](c2noc(C(F)(F)F)n2)C1. The molecule has 2 aromatic rings. The molecule has 2 aromatic heterocycles. The Bertz CT molecular complexity index is 718. The van der Waals surface area contributed by atoms with Gasteiger partial charge in [0.1, 0.15) is 11.3 Å². The van der Waals surface area contributed by atoms with Gasteiger partial charge >= 0.3 is 12.1 Å². The molecule has 3 heterocycles. The number of amides is 1. The van der Waals surface area contributed by atoms with E-state index >= 15 is 0 Å². The van der Waals surface area contributed by atoms with Crippen LogP contribution in [0, 0.1) is 13.8 Å². The molecule has 0 N–H and O–H groups in total. The maximum Gasteiger partial charge on any atom is 0.471 e. The molecule has 1 fully saturated rings. The molecular formula is C13H13F3N4O3. The van der Waals surface area contributed by atoms with Crippen molar-refractivity contribution in [3.05, 3.63) is 28.7 Å². The zero-order valence-corrected chi connectivity index (χ0v) is 12.3. The second kappa shape index (κ2) is 5.36. The quantitative estimate of drug-likeness (QED) is 0.840. The molecule has 1 aliphatic rings. The predicted molar refractivity (Wildman–Crippen MR) is 68.5 cm³/mol. The van der Waals surface area contributed by atoms with Crippen molar-refractivity contribution in [1.82, 2.24) is 20.2 Å². The highest BCUT2D eigenvalue weighted by molar-refractivity contribution is 5.96. The van der Waals surface area contributed by atoms with Crippen molar-refractivity contribution in [3.8, 4) is 0 Å². The lowest BCUT2D eigenvalue weighted by Gasteiger charge is -2.15. The summed E-state index contributed by atoms with van der Waals surface area (Å²) in [5, 5.41) is 7.11. The van der Waals surface area contributed by atoms with Crippen LogP contribution in [0.1, 0.15) is 45.9 Å². The van der Waals surface area contributed by atoms with E-state index in [9.17, 15) is 18.0 Å². The minimum atomic E-state index is -4.67. The van der Waals surface area contributed by atoms with Crippen LogP contribution in [0.5, 0.6) is 0 Å². The molecule has 0 unspecified atom stereocenters. The molecule has 10 heteroatoms. The lowest BCUT2D eigenvalue weighted by Crippen LogP contribution is -2.29. The minimum Gasteiger partial charge on any atom is -0.361 e. The fraction of sp³-hybridized carbons (Fsp3) is 0.538. The predicted octanol–water partition coefficient (Wildman–Crippen LogP) is 2.32. The smallest absolute Gasteiger partial charge is 0.361 e. The normalized spacial score (nSPS) is 18.7. The molecule has 0 spiro atoms. The Labute approximate surface area is 128 Å². The number of halogens is 3. The van der Waals surface area contributed by atoms with E-state index in [0.717, 1.165) is 0 Å². The molecule has 7 nitrogen and oxygen atoms in total. The van der Waals surface area contributed by atoms with E-state index in [4.69, 9.17) is 4.52 Å². The van der Waals surface area contributed by atoms with Gasteiger partial charge in [-0.15, -0.1) is 0 Å². The van der Waals surface area contributed by atoms with E-state index in [1.54, 1.807) is 13.8 Å². The van der Waals surface area contributed by atoms with Gasteiger partial charge in [-0.05, 0) is 20.3 Å². The molecule has 124 valence electrons. The summed E-state index contributed by atoms with van der Waals surface area (Å²) in [6.07, 6.45) is -4.21. The fourth-order valence-corrected chi connectivity index (χ4v) is 2.62. The van der Waals surface area contributed by atoms with E-state index < -0.39 is 12.1 Å². The monoisotopic (exact) mass is 330 g/mol.